The number of thioether (sulfide) groups is 1. The Morgan fingerprint density at radius 2 is 1.67 bits per heavy atom. The SMILES string of the molecule is Cc1ccc(-n2c(SCC(=O)Nc3ccccc3C(F)(F)F)nc3c(c2=O)C2(CCCCC2)Cc2ccccc2-3)cc1. The molecule has 2 aliphatic rings. The number of para-hydroxylation sites is 1. The Balaban J connectivity index is 1.44. The number of aromatic nitrogens is 2. The van der Waals surface area contributed by atoms with Gasteiger partial charge < -0.3 is 5.32 Å². The molecule has 1 aromatic heterocycles. The van der Waals surface area contributed by atoms with E-state index in [4.69, 9.17) is 4.98 Å². The quantitative estimate of drug-likeness (QED) is 0.191. The second-order valence-corrected chi connectivity index (χ2v) is 12.1. The number of nitrogens with zero attached hydrogens (tertiary/aromatic N) is 2. The van der Waals surface area contributed by atoms with Crippen LogP contribution in [0.15, 0.2) is 82.7 Å². The Kier molecular flexibility index (Phi) is 7.47. The van der Waals surface area contributed by atoms with Crippen LogP contribution in [0.1, 0.15) is 54.4 Å². The fraction of sp³-hybridized carbons (Fsp3) is 0.303. The third-order valence-corrected chi connectivity index (χ3v) is 9.26. The lowest BCUT2D eigenvalue weighted by Gasteiger charge is -2.42. The van der Waals surface area contributed by atoms with Gasteiger partial charge in [-0.25, -0.2) is 4.98 Å². The van der Waals surface area contributed by atoms with Gasteiger partial charge >= 0.3 is 6.18 Å². The molecule has 9 heteroatoms. The summed E-state index contributed by atoms with van der Waals surface area (Å²) < 4.78 is 42.0. The van der Waals surface area contributed by atoms with Crippen molar-refractivity contribution in [3.63, 3.8) is 0 Å². The van der Waals surface area contributed by atoms with E-state index < -0.39 is 17.6 Å². The van der Waals surface area contributed by atoms with Crippen LogP contribution >= 0.6 is 11.8 Å². The third-order valence-electron chi connectivity index (χ3n) is 8.33. The molecule has 0 radical (unpaired) electrons. The molecule has 1 spiro atoms. The molecule has 2 aliphatic carbocycles. The molecule has 0 aliphatic heterocycles. The zero-order valence-electron chi connectivity index (χ0n) is 23.1. The number of amides is 1. The highest BCUT2D eigenvalue weighted by Crippen LogP contribution is 2.49. The topological polar surface area (TPSA) is 64.0 Å². The van der Waals surface area contributed by atoms with Crippen molar-refractivity contribution in [2.75, 3.05) is 11.1 Å². The van der Waals surface area contributed by atoms with Crippen molar-refractivity contribution in [2.45, 2.75) is 62.2 Å². The van der Waals surface area contributed by atoms with E-state index >= 15 is 0 Å². The summed E-state index contributed by atoms with van der Waals surface area (Å²) in [5.74, 6) is -0.848. The van der Waals surface area contributed by atoms with E-state index in [0.717, 1.165) is 78.6 Å². The summed E-state index contributed by atoms with van der Waals surface area (Å²) in [6, 6.07) is 20.5. The predicted octanol–water partition coefficient (Wildman–Crippen LogP) is 7.72. The highest BCUT2D eigenvalue weighted by Gasteiger charge is 2.43. The molecule has 0 bridgehead atoms. The van der Waals surface area contributed by atoms with E-state index in [1.165, 1.54) is 18.2 Å². The highest BCUT2D eigenvalue weighted by molar-refractivity contribution is 7.99. The number of carbonyl (C=O) groups excluding carboxylic acids is 1. The molecule has 1 N–H and O–H groups in total. The van der Waals surface area contributed by atoms with Crippen LogP contribution in [0.5, 0.6) is 0 Å². The number of alkyl halides is 3. The maximum atomic E-state index is 14.6. The van der Waals surface area contributed by atoms with Crippen LogP contribution in [0.4, 0.5) is 18.9 Å². The van der Waals surface area contributed by atoms with Crippen LogP contribution in [-0.2, 0) is 22.8 Å². The number of hydrogen-bond acceptors (Lipinski definition) is 4. The first-order chi connectivity index (χ1) is 20.2. The van der Waals surface area contributed by atoms with Crippen molar-refractivity contribution in [1.82, 2.24) is 9.55 Å². The zero-order valence-corrected chi connectivity index (χ0v) is 23.9. The van der Waals surface area contributed by atoms with Gasteiger partial charge in [-0.2, -0.15) is 13.2 Å². The Bertz CT molecular complexity index is 1710. The lowest BCUT2D eigenvalue weighted by atomic mass is 9.62. The number of anilines is 1. The van der Waals surface area contributed by atoms with Crippen LogP contribution in [0.25, 0.3) is 16.9 Å². The molecule has 1 amide bonds. The number of rotatable bonds is 5. The number of halogens is 3. The monoisotopic (exact) mass is 589 g/mol. The molecule has 3 aromatic carbocycles. The normalized spacial score (nSPS) is 15.6. The summed E-state index contributed by atoms with van der Waals surface area (Å²) in [6.07, 6.45) is 1.22. The van der Waals surface area contributed by atoms with E-state index in [0.29, 0.717) is 16.5 Å². The van der Waals surface area contributed by atoms with E-state index in [-0.39, 0.29) is 22.4 Å². The van der Waals surface area contributed by atoms with E-state index in [1.807, 2.05) is 49.4 Å². The molecule has 0 unspecified atom stereocenters. The zero-order chi connectivity index (χ0) is 29.5. The fourth-order valence-electron chi connectivity index (χ4n) is 6.36. The summed E-state index contributed by atoms with van der Waals surface area (Å²) in [4.78, 5) is 32.6. The van der Waals surface area contributed by atoms with Gasteiger partial charge in [0.1, 0.15) is 0 Å². The molecule has 1 fully saturated rings. The minimum atomic E-state index is -4.61. The van der Waals surface area contributed by atoms with Gasteiger partial charge in [-0.15, -0.1) is 0 Å². The van der Waals surface area contributed by atoms with Crippen molar-refractivity contribution >= 4 is 23.4 Å². The van der Waals surface area contributed by atoms with Crippen molar-refractivity contribution in [1.29, 1.82) is 0 Å². The molecule has 216 valence electrons. The maximum absolute atomic E-state index is 14.6. The van der Waals surface area contributed by atoms with Crippen LogP contribution in [0, 0.1) is 6.92 Å². The standard InChI is InChI=1S/C33H30F3N3O2S/c1-21-13-15-23(16-14-21)39-30(41)28-29(24-10-4-3-9-22(24)19-32(28)17-7-2-8-18-32)38-31(39)42-20-27(40)37-26-12-6-5-11-25(26)33(34,35)36/h3-6,9-16H,2,7-8,17-20H2,1H3,(H,37,40). The molecule has 4 aromatic rings. The van der Waals surface area contributed by atoms with E-state index in [1.54, 1.807) is 4.57 Å². The summed E-state index contributed by atoms with van der Waals surface area (Å²) >= 11 is 1.04. The number of fused-ring (bicyclic) bond motifs is 4. The van der Waals surface area contributed by atoms with Crippen LogP contribution < -0.4 is 10.9 Å². The number of carbonyl (C=O) groups is 1. The molecule has 1 heterocycles. The number of nitrogens with one attached hydrogen (secondary N) is 1. The molecule has 0 saturated heterocycles. The van der Waals surface area contributed by atoms with Crippen LogP contribution in [0.2, 0.25) is 0 Å². The molecule has 5 nitrogen and oxygen atoms in total. The van der Waals surface area contributed by atoms with Gasteiger partial charge in [0.15, 0.2) is 5.16 Å². The number of benzene rings is 3. The average Bonchev–Trinajstić information content (AvgIpc) is 2.97. The maximum Gasteiger partial charge on any atom is 0.418 e. The minimum Gasteiger partial charge on any atom is -0.325 e. The van der Waals surface area contributed by atoms with Crippen molar-refractivity contribution < 1.29 is 18.0 Å². The highest BCUT2D eigenvalue weighted by atomic mass is 32.2. The molecule has 6 rings (SSSR count). The Labute approximate surface area is 246 Å². The third kappa shape index (κ3) is 5.26. The van der Waals surface area contributed by atoms with E-state index in [9.17, 15) is 22.8 Å². The Morgan fingerprint density at radius 1 is 0.976 bits per heavy atom. The molecular weight excluding hydrogens is 559 g/mol. The predicted molar refractivity (Wildman–Crippen MR) is 159 cm³/mol. The van der Waals surface area contributed by atoms with Crippen molar-refractivity contribution in [2.24, 2.45) is 0 Å². The minimum absolute atomic E-state index is 0.148. The molecule has 42 heavy (non-hydrogen) atoms. The van der Waals surface area contributed by atoms with Gasteiger partial charge in [0, 0.05) is 11.0 Å². The van der Waals surface area contributed by atoms with Crippen LogP contribution in [-0.4, -0.2) is 21.2 Å². The lowest BCUT2D eigenvalue weighted by Crippen LogP contribution is -2.43. The first-order valence-electron chi connectivity index (χ1n) is 14.1. The fourth-order valence-corrected chi connectivity index (χ4v) is 7.17. The second-order valence-electron chi connectivity index (χ2n) is 11.1. The summed E-state index contributed by atoms with van der Waals surface area (Å²) in [7, 11) is 0. The van der Waals surface area contributed by atoms with Gasteiger partial charge in [0.2, 0.25) is 5.91 Å². The second kappa shape index (κ2) is 11.1. The van der Waals surface area contributed by atoms with Crippen molar-refractivity contribution in [3.05, 3.63) is 105 Å². The van der Waals surface area contributed by atoms with Gasteiger partial charge in [-0.1, -0.05) is 85.1 Å². The summed E-state index contributed by atoms with van der Waals surface area (Å²) in [5.41, 5.74) is 3.45. The summed E-state index contributed by atoms with van der Waals surface area (Å²) in [5, 5.41) is 2.72. The molecule has 0 atom stereocenters. The molecule has 1 saturated carbocycles. The van der Waals surface area contributed by atoms with E-state index in [2.05, 4.69) is 11.4 Å². The average molecular weight is 590 g/mol. The lowest BCUT2D eigenvalue weighted by molar-refractivity contribution is -0.137. The van der Waals surface area contributed by atoms with Crippen molar-refractivity contribution in [3.8, 4) is 16.9 Å². The first-order valence-corrected chi connectivity index (χ1v) is 15.1. The molecular formula is C33H30F3N3O2S. The Hall–Kier alpha value is -3.85. The van der Waals surface area contributed by atoms with Gasteiger partial charge in [-0.05, 0) is 56.0 Å². The first kappa shape index (κ1) is 28.3. The smallest absolute Gasteiger partial charge is 0.325 e. The van der Waals surface area contributed by atoms with Gasteiger partial charge in [0.25, 0.3) is 5.56 Å². The largest absolute Gasteiger partial charge is 0.418 e. The van der Waals surface area contributed by atoms with Crippen LogP contribution in [0.3, 0.4) is 0 Å². The number of hydrogen-bond donors (Lipinski definition) is 1. The van der Waals surface area contributed by atoms with Gasteiger partial charge in [-0.3, -0.25) is 14.2 Å². The Morgan fingerprint density at radius 3 is 2.40 bits per heavy atom. The number of aryl methyl sites for hydroxylation is 1. The van der Waals surface area contributed by atoms with Gasteiger partial charge in [0.05, 0.1) is 33.9 Å². The summed E-state index contributed by atoms with van der Waals surface area (Å²) in [6.45, 7) is 1.96.